The van der Waals surface area contributed by atoms with Gasteiger partial charge in [-0.05, 0) is 51.7 Å². The van der Waals surface area contributed by atoms with Crippen molar-refractivity contribution in [3.05, 3.63) is 88.1 Å². The van der Waals surface area contributed by atoms with Crippen LogP contribution in [-0.4, -0.2) is 34.7 Å². The fraction of sp³-hybridized carbons (Fsp3) is 0.345. The minimum Gasteiger partial charge on any atom is -0.496 e. The number of nitrogens with one attached hydrogen (secondary N) is 1. The quantitative estimate of drug-likeness (QED) is 0.460. The smallest absolute Gasteiger partial charge is 0.338 e. The van der Waals surface area contributed by atoms with Crippen LogP contribution in [0.5, 0.6) is 5.75 Å². The normalized spacial score (nSPS) is 18.0. The number of esters is 1. The van der Waals surface area contributed by atoms with Crippen molar-refractivity contribution < 1.29 is 19.1 Å². The van der Waals surface area contributed by atoms with Gasteiger partial charge in [-0.3, -0.25) is 4.79 Å². The number of methoxy groups -OCH3 is 1. The summed E-state index contributed by atoms with van der Waals surface area (Å²) in [6, 6.07) is 16.7. The van der Waals surface area contributed by atoms with Crippen molar-refractivity contribution >= 4 is 28.8 Å². The summed E-state index contributed by atoms with van der Waals surface area (Å²) in [4.78, 5) is 33.3. The molecular formula is C29H33N3O4S. The van der Waals surface area contributed by atoms with Crippen LogP contribution in [0.3, 0.4) is 0 Å². The molecule has 2 aliphatic heterocycles. The van der Waals surface area contributed by atoms with E-state index in [4.69, 9.17) is 14.5 Å². The molecule has 0 bridgehead atoms. The highest BCUT2D eigenvalue weighted by Gasteiger charge is 2.43. The van der Waals surface area contributed by atoms with E-state index in [2.05, 4.69) is 5.32 Å². The summed E-state index contributed by atoms with van der Waals surface area (Å²) in [6.07, 6.45) is 0.134. The van der Waals surface area contributed by atoms with Crippen LogP contribution < -0.4 is 10.1 Å². The number of benzene rings is 2. The van der Waals surface area contributed by atoms with Gasteiger partial charge in [0.15, 0.2) is 5.17 Å². The number of nitrogens with zero attached hydrogens (tertiary/aromatic N) is 2. The Balaban J connectivity index is 1.68. The Labute approximate surface area is 222 Å². The molecule has 0 unspecified atom stereocenters. The van der Waals surface area contributed by atoms with Gasteiger partial charge in [-0.1, -0.05) is 60.3 Å². The molecule has 8 heteroatoms. The lowest BCUT2D eigenvalue weighted by Crippen LogP contribution is -2.39. The zero-order valence-corrected chi connectivity index (χ0v) is 22.9. The molecule has 0 fully saturated rings. The summed E-state index contributed by atoms with van der Waals surface area (Å²) in [5.74, 6) is 0.0800. The molecule has 0 saturated heterocycles. The second kappa shape index (κ2) is 10.8. The van der Waals surface area contributed by atoms with Crippen molar-refractivity contribution in [1.82, 2.24) is 10.2 Å². The minimum absolute atomic E-state index is 0.117. The average molecular weight is 520 g/mol. The van der Waals surface area contributed by atoms with Crippen molar-refractivity contribution in [2.45, 2.75) is 58.7 Å². The molecule has 1 amide bonds. The molecule has 37 heavy (non-hydrogen) atoms. The molecule has 2 aromatic rings. The topological polar surface area (TPSA) is 80.2 Å². The standard InChI is InChI=1S/C29H33N3O4S/c1-18(20-12-8-7-9-13-20)30-24(33)16-21-17-37-28-31-19(2)25(27(34)36-29(3,4)5)26(32(21)28)22-14-10-11-15-23(22)35-6/h7-15,17-18,26H,16H2,1-6H3,(H,30,33)/t18-,26+/m0/s1. The molecule has 2 aliphatic rings. The highest BCUT2D eigenvalue weighted by Crippen LogP contribution is 2.47. The van der Waals surface area contributed by atoms with E-state index < -0.39 is 17.6 Å². The molecule has 7 nitrogen and oxygen atoms in total. The number of para-hydroxylation sites is 1. The molecule has 1 N–H and O–H groups in total. The first-order valence-electron chi connectivity index (χ1n) is 12.2. The van der Waals surface area contributed by atoms with E-state index in [1.54, 1.807) is 7.11 Å². The first-order chi connectivity index (χ1) is 17.6. The summed E-state index contributed by atoms with van der Waals surface area (Å²) in [6.45, 7) is 9.30. The van der Waals surface area contributed by atoms with E-state index in [9.17, 15) is 9.59 Å². The molecule has 0 aromatic heterocycles. The van der Waals surface area contributed by atoms with Crippen LogP contribution in [0.25, 0.3) is 0 Å². The highest BCUT2D eigenvalue weighted by molar-refractivity contribution is 8.16. The van der Waals surface area contributed by atoms with Gasteiger partial charge < -0.3 is 19.7 Å². The predicted octanol–water partition coefficient (Wildman–Crippen LogP) is 5.88. The number of hydrogen-bond donors (Lipinski definition) is 1. The molecule has 2 aromatic carbocycles. The fourth-order valence-electron chi connectivity index (χ4n) is 4.43. The summed E-state index contributed by atoms with van der Waals surface area (Å²) < 4.78 is 11.5. The number of allylic oxidation sites excluding steroid dienone is 1. The fourth-order valence-corrected chi connectivity index (χ4v) is 5.40. The summed E-state index contributed by atoms with van der Waals surface area (Å²) in [5, 5.41) is 5.72. The third-order valence-corrected chi connectivity index (χ3v) is 6.96. The Morgan fingerprint density at radius 3 is 2.46 bits per heavy atom. The summed E-state index contributed by atoms with van der Waals surface area (Å²) >= 11 is 1.44. The zero-order chi connectivity index (χ0) is 26.7. The van der Waals surface area contributed by atoms with E-state index in [-0.39, 0.29) is 18.4 Å². The molecule has 0 saturated carbocycles. The van der Waals surface area contributed by atoms with Gasteiger partial charge in [0.05, 0.1) is 36.9 Å². The van der Waals surface area contributed by atoms with Crippen molar-refractivity contribution in [3.63, 3.8) is 0 Å². The van der Waals surface area contributed by atoms with Gasteiger partial charge >= 0.3 is 5.97 Å². The minimum atomic E-state index is -0.675. The van der Waals surface area contributed by atoms with Crippen LogP contribution in [0.15, 0.2) is 82.0 Å². The lowest BCUT2D eigenvalue weighted by atomic mass is 9.93. The summed E-state index contributed by atoms with van der Waals surface area (Å²) in [5.41, 5.74) is 2.92. The third kappa shape index (κ3) is 5.91. The van der Waals surface area contributed by atoms with E-state index in [1.165, 1.54) is 11.8 Å². The number of aliphatic imine (C=N–C) groups is 1. The maximum Gasteiger partial charge on any atom is 0.338 e. The number of rotatable bonds is 7. The third-order valence-electron chi connectivity index (χ3n) is 6.07. The number of fused-ring (bicyclic) bond motifs is 1. The maximum absolute atomic E-state index is 13.5. The average Bonchev–Trinajstić information content (AvgIpc) is 3.24. The van der Waals surface area contributed by atoms with Crippen LogP contribution in [0.2, 0.25) is 0 Å². The molecule has 194 valence electrons. The van der Waals surface area contributed by atoms with E-state index >= 15 is 0 Å². The Hall–Kier alpha value is -3.52. The van der Waals surface area contributed by atoms with Crippen LogP contribution in [0, 0.1) is 0 Å². The molecule has 2 heterocycles. The van der Waals surface area contributed by atoms with E-state index in [1.807, 2.05) is 99.5 Å². The zero-order valence-electron chi connectivity index (χ0n) is 22.1. The number of ether oxygens (including phenoxy) is 2. The van der Waals surface area contributed by atoms with Gasteiger partial charge in [0, 0.05) is 11.3 Å². The Morgan fingerprint density at radius 1 is 1.11 bits per heavy atom. The highest BCUT2D eigenvalue weighted by atomic mass is 32.2. The van der Waals surface area contributed by atoms with Crippen LogP contribution in [-0.2, 0) is 14.3 Å². The Morgan fingerprint density at radius 2 is 1.78 bits per heavy atom. The summed E-state index contributed by atoms with van der Waals surface area (Å²) in [7, 11) is 1.61. The van der Waals surface area contributed by atoms with Gasteiger partial charge in [-0.25, -0.2) is 9.79 Å². The SMILES string of the molecule is COc1ccccc1[C@@H]1C(C(=O)OC(C)(C)C)=C(C)N=C2SC=C(CC(=O)N[C@@H](C)c3ccccc3)N21. The maximum atomic E-state index is 13.5. The van der Waals surface area contributed by atoms with E-state index in [0.29, 0.717) is 22.2 Å². The number of amides is 1. The van der Waals surface area contributed by atoms with Gasteiger partial charge in [0.1, 0.15) is 11.4 Å². The predicted molar refractivity (Wildman–Crippen MR) is 147 cm³/mol. The van der Waals surface area contributed by atoms with Gasteiger partial charge in [0.2, 0.25) is 5.91 Å². The van der Waals surface area contributed by atoms with Crippen molar-refractivity contribution in [2.24, 2.45) is 4.99 Å². The number of carbonyl (C=O) groups is 2. The Kier molecular flexibility index (Phi) is 7.78. The van der Waals surface area contributed by atoms with Gasteiger partial charge in [0.25, 0.3) is 0 Å². The van der Waals surface area contributed by atoms with Crippen LogP contribution >= 0.6 is 11.8 Å². The lowest BCUT2D eigenvalue weighted by Gasteiger charge is -2.37. The monoisotopic (exact) mass is 519 g/mol. The van der Waals surface area contributed by atoms with Gasteiger partial charge in [-0.15, -0.1) is 0 Å². The molecule has 4 rings (SSSR count). The first-order valence-corrected chi connectivity index (χ1v) is 13.1. The van der Waals surface area contributed by atoms with Crippen molar-refractivity contribution in [2.75, 3.05) is 7.11 Å². The second-order valence-corrected chi connectivity index (χ2v) is 10.9. The number of thioether (sulfide) groups is 1. The molecule has 2 atom stereocenters. The first kappa shape index (κ1) is 26.5. The van der Waals surface area contributed by atoms with Crippen LogP contribution in [0.4, 0.5) is 0 Å². The lowest BCUT2D eigenvalue weighted by molar-refractivity contribution is -0.150. The van der Waals surface area contributed by atoms with Crippen molar-refractivity contribution in [1.29, 1.82) is 0 Å². The molecule has 0 aliphatic carbocycles. The Bertz CT molecular complexity index is 1280. The van der Waals surface area contributed by atoms with Crippen LogP contribution in [0.1, 0.15) is 64.3 Å². The number of hydrogen-bond acceptors (Lipinski definition) is 7. The number of carbonyl (C=O) groups excluding carboxylic acids is 2. The van der Waals surface area contributed by atoms with Gasteiger partial charge in [-0.2, -0.15) is 0 Å². The molecule has 0 radical (unpaired) electrons. The second-order valence-electron chi connectivity index (χ2n) is 10.0. The number of amidine groups is 1. The van der Waals surface area contributed by atoms with E-state index in [0.717, 1.165) is 16.8 Å². The van der Waals surface area contributed by atoms with Crippen molar-refractivity contribution in [3.8, 4) is 5.75 Å². The molecule has 0 spiro atoms. The molecular weight excluding hydrogens is 486 g/mol. The largest absolute Gasteiger partial charge is 0.496 e.